The number of hydrogen-bond donors (Lipinski definition) is 1. The van der Waals surface area contributed by atoms with E-state index in [0.717, 1.165) is 12.1 Å². The van der Waals surface area contributed by atoms with Gasteiger partial charge in [-0.05, 0) is 53.2 Å². The van der Waals surface area contributed by atoms with E-state index in [4.69, 9.17) is 16.3 Å². The maximum atomic E-state index is 13.0. The Morgan fingerprint density at radius 2 is 1.96 bits per heavy atom. The number of carbonyl (C=O) groups is 2. The van der Waals surface area contributed by atoms with Crippen LogP contribution in [0.4, 0.5) is 10.1 Å². The molecule has 0 fully saturated rings. The Morgan fingerprint density at radius 1 is 1.26 bits per heavy atom. The summed E-state index contributed by atoms with van der Waals surface area (Å²) >= 11 is 9.03. The van der Waals surface area contributed by atoms with Gasteiger partial charge in [-0.1, -0.05) is 23.7 Å². The van der Waals surface area contributed by atoms with Gasteiger partial charge in [0, 0.05) is 4.47 Å². The number of benzene rings is 2. The van der Waals surface area contributed by atoms with Crippen molar-refractivity contribution in [2.24, 2.45) is 0 Å². The highest BCUT2D eigenvalue weighted by Gasteiger charge is 2.21. The fourth-order valence-corrected chi connectivity index (χ4v) is 2.43. The Labute approximate surface area is 145 Å². The molecule has 0 bridgehead atoms. The first-order valence-corrected chi connectivity index (χ1v) is 7.77. The van der Waals surface area contributed by atoms with Crippen molar-refractivity contribution in [1.82, 2.24) is 0 Å². The molecule has 0 heterocycles. The number of nitrogens with one attached hydrogen (secondary N) is 1. The molecule has 0 spiro atoms. The topological polar surface area (TPSA) is 55.4 Å². The zero-order chi connectivity index (χ0) is 17.0. The molecule has 2 aromatic carbocycles. The fraction of sp³-hybridized carbons (Fsp3) is 0.125. The zero-order valence-corrected chi connectivity index (χ0v) is 14.3. The van der Waals surface area contributed by atoms with E-state index in [1.54, 1.807) is 24.3 Å². The van der Waals surface area contributed by atoms with Crippen LogP contribution in [-0.4, -0.2) is 18.0 Å². The standard InChI is InChI=1S/C16H12BrClFNO3/c1-9(15(21)20-14-5-3-2-4-13(14)18)23-16(22)11-7-6-10(19)8-12(11)17/h2-9H,1H3,(H,20,21). The van der Waals surface area contributed by atoms with Crippen molar-refractivity contribution >= 4 is 45.1 Å². The van der Waals surface area contributed by atoms with Crippen LogP contribution in [0.25, 0.3) is 0 Å². The van der Waals surface area contributed by atoms with Crippen molar-refractivity contribution in [2.75, 3.05) is 5.32 Å². The highest BCUT2D eigenvalue weighted by atomic mass is 79.9. The summed E-state index contributed by atoms with van der Waals surface area (Å²) in [6, 6.07) is 10.3. The van der Waals surface area contributed by atoms with Gasteiger partial charge in [-0.3, -0.25) is 4.79 Å². The van der Waals surface area contributed by atoms with Crippen molar-refractivity contribution in [3.63, 3.8) is 0 Å². The van der Waals surface area contributed by atoms with Gasteiger partial charge in [0.15, 0.2) is 6.10 Å². The maximum Gasteiger partial charge on any atom is 0.340 e. The molecule has 2 rings (SSSR count). The lowest BCUT2D eigenvalue weighted by Crippen LogP contribution is -2.30. The van der Waals surface area contributed by atoms with E-state index in [-0.39, 0.29) is 10.0 Å². The SMILES string of the molecule is CC(OC(=O)c1ccc(F)cc1Br)C(=O)Nc1ccccc1Cl. The average molecular weight is 401 g/mol. The number of rotatable bonds is 4. The molecule has 1 N–H and O–H groups in total. The molecule has 7 heteroatoms. The van der Waals surface area contributed by atoms with Crippen LogP contribution in [0.1, 0.15) is 17.3 Å². The molecule has 1 atom stereocenters. The van der Waals surface area contributed by atoms with Crippen molar-refractivity contribution in [2.45, 2.75) is 13.0 Å². The average Bonchev–Trinajstić information content (AvgIpc) is 2.49. The predicted molar refractivity (Wildman–Crippen MR) is 89.1 cm³/mol. The third kappa shape index (κ3) is 4.53. The maximum absolute atomic E-state index is 13.0. The fourth-order valence-electron chi connectivity index (χ4n) is 1.73. The van der Waals surface area contributed by atoms with Crippen molar-refractivity contribution in [1.29, 1.82) is 0 Å². The number of para-hydroxylation sites is 1. The van der Waals surface area contributed by atoms with Gasteiger partial charge < -0.3 is 10.1 Å². The number of esters is 1. The lowest BCUT2D eigenvalue weighted by molar-refractivity contribution is -0.123. The van der Waals surface area contributed by atoms with E-state index >= 15 is 0 Å². The molecule has 0 aliphatic heterocycles. The van der Waals surface area contributed by atoms with E-state index in [1.807, 2.05) is 0 Å². The van der Waals surface area contributed by atoms with Crippen molar-refractivity contribution in [3.05, 3.63) is 63.3 Å². The van der Waals surface area contributed by atoms with Crippen LogP contribution in [0.3, 0.4) is 0 Å². The van der Waals surface area contributed by atoms with E-state index in [1.165, 1.54) is 13.0 Å². The van der Waals surface area contributed by atoms with Crippen molar-refractivity contribution < 1.29 is 18.7 Å². The Bertz CT molecular complexity index is 754. The van der Waals surface area contributed by atoms with Gasteiger partial charge in [0.25, 0.3) is 5.91 Å². The van der Waals surface area contributed by atoms with Gasteiger partial charge in [-0.25, -0.2) is 9.18 Å². The summed E-state index contributed by atoms with van der Waals surface area (Å²) in [7, 11) is 0. The monoisotopic (exact) mass is 399 g/mol. The van der Waals surface area contributed by atoms with Crippen LogP contribution >= 0.6 is 27.5 Å². The van der Waals surface area contributed by atoms with Gasteiger partial charge in [0.05, 0.1) is 16.3 Å². The van der Waals surface area contributed by atoms with Crippen molar-refractivity contribution in [3.8, 4) is 0 Å². The van der Waals surface area contributed by atoms with Crippen LogP contribution in [0.5, 0.6) is 0 Å². The number of halogens is 3. The van der Waals surface area contributed by atoms with E-state index in [2.05, 4.69) is 21.2 Å². The number of ether oxygens (including phenoxy) is 1. The number of hydrogen-bond acceptors (Lipinski definition) is 3. The van der Waals surface area contributed by atoms with Gasteiger partial charge in [0.1, 0.15) is 5.82 Å². The summed E-state index contributed by atoms with van der Waals surface area (Å²) < 4.78 is 18.4. The number of anilines is 1. The number of carbonyl (C=O) groups excluding carboxylic acids is 2. The summed E-state index contributed by atoms with van der Waals surface area (Å²) in [5, 5.41) is 2.95. The molecule has 0 aromatic heterocycles. The lowest BCUT2D eigenvalue weighted by Gasteiger charge is -2.14. The minimum Gasteiger partial charge on any atom is -0.449 e. The molecule has 2 aromatic rings. The molecule has 0 radical (unpaired) electrons. The highest BCUT2D eigenvalue weighted by molar-refractivity contribution is 9.10. The molecule has 1 unspecified atom stereocenters. The Balaban J connectivity index is 2.03. The largest absolute Gasteiger partial charge is 0.449 e. The van der Waals surface area contributed by atoms with E-state index in [9.17, 15) is 14.0 Å². The summed E-state index contributed by atoms with van der Waals surface area (Å²) in [5.41, 5.74) is 0.550. The quantitative estimate of drug-likeness (QED) is 0.773. The third-order valence-electron chi connectivity index (χ3n) is 2.94. The summed E-state index contributed by atoms with van der Waals surface area (Å²) in [5.74, 6) is -1.75. The summed E-state index contributed by atoms with van der Waals surface area (Å²) in [6.45, 7) is 1.43. The second kappa shape index (κ2) is 7.57. The second-order valence-corrected chi connectivity index (χ2v) is 5.90. The van der Waals surface area contributed by atoms with Gasteiger partial charge in [-0.15, -0.1) is 0 Å². The lowest BCUT2D eigenvalue weighted by atomic mass is 10.2. The van der Waals surface area contributed by atoms with Crippen LogP contribution in [-0.2, 0) is 9.53 Å². The van der Waals surface area contributed by atoms with Crippen LogP contribution in [0, 0.1) is 5.82 Å². The minimum absolute atomic E-state index is 0.129. The Kier molecular flexibility index (Phi) is 5.74. The van der Waals surface area contributed by atoms with Crippen LogP contribution in [0.2, 0.25) is 5.02 Å². The van der Waals surface area contributed by atoms with Crippen LogP contribution < -0.4 is 5.32 Å². The van der Waals surface area contributed by atoms with Crippen LogP contribution in [0.15, 0.2) is 46.9 Å². The second-order valence-electron chi connectivity index (χ2n) is 4.64. The van der Waals surface area contributed by atoms with Gasteiger partial charge >= 0.3 is 5.97 Å². The van der Waals surface area contributed by atoms with E-state index in [0.29, 0.717) is 10.7 Å². The molecule has 120 valence electrons. The first kappa shape index (κ1) is 17.4. The minimum atomic E-state index is -1.05. The third-order valence-corrected chi connectivity index (χ3v) is 3.92. The molecule has 0 saturated heterocycles. The predicted octanol–water partition coefficient (Wildman–Crippen LogP) is 4.43. The molecule has 0 aliphatic rings. The smallest absolute Gasteiger partial charge is 0.340 e. The molecule has 1 amide bonds. The highest BCUT2D eigenvalue weighted by Crippen LogP contribution is 2.22. The molecule has 4 nitrogen and oxygen atoms in total. The molecule has 23 heavy (non-hydrogen) atoms. The van der Waals surface area contributed by atoms with Gasteiger partial charge in [0.2, 0.25) is 0 Å². The van der Waals surface area contributed by atoms with Gasteiger partial charge in [-0.2, -0.15) is 0 Å². The Hall–Kier alpha value is -1.92. The Morgan fingerprint density at radius 3 is 2.61 bits per heavy atom. The first-order chi connectivity index (χ1) is 10.9. The molecular formula is C16H12BrClFNO3. The summed E-state index contributed by atoms with van der Waals surface area (Å²) in [4.78, 5) is 24.1. The zero-order valence-electron chi connectivity index (χ0n) is 12.0. The first-order valence-electron chi connectivity index (χ1n) is 6.60. The number of amides is 1. The molecule has 0 aliphatic carbocycles. The molecular weight excluding hydrogens is 389 g/mol. The summed E-state index contributed by atoms with van der Waals surface area (Å²) in [6.07, 6.45) is -1.05. The van der Waals surface area contributed by atoms with E-state index < -0.39 is 23.8 Å². The molecule has 0 saturated carbocycles. The normalized spacial score (nSPS) is 11.7.